The van der Waals surface area contributed by atoms with Gasteiger partial charge in [0, 0.05) is 37.0 Å². The SMILES string of the molecule is CC(C)n1cc(S(=O)(=O)Cl)cc1C(=O)N(C)C. The molecule has 1 aromatic rings. The third kappa shape index (κ3) is 3.01. The molecule has 0 radical (unpaired) electrons. The van der Waals surface area contributed by atoms with Crippen LogP contribution in [0.5, 0.6) is 0 Å². The quantitative estimate of drug-likeness (QED) is 0.791. The fraction of sp³-hybridized carbons (Fsp3) is 0.500. The third-order valence-electron chi connectivity index (χ3n) is 2.29. The molecule has 0 N–H and O–H groups in total. The summed E-state index contributed by atoms with van der Waals surface area (Å²) >= 11 is 0. The lowest BCUT2D eigenvalue weighted by Crippen LogP contribution is -2.24. The number of halogens is 1. The van der Waals surface area contributed by atoms with Gasteiger partial charge in [0.2, 0.25) is 0 Å². The lowest BCUT2D eigenvalue weighted by atomic mass is 10.3. The van der Waals surface area contributed by atoms with Crippen molar-refractivity contribution >= 4 is 25.6 Å². The van der Waals surface area contributed by atoms with Crippen LogP contribution in [0.25, 0.3) is 0 Å². The monoisotopic (exact) mass is 278 g/mol. The first-order chi connectivity index (χ1) is 7.64. The standard InChI is InChI=1S/C10H15ClN2O3S/c1-7(2)13-6-8(17(11,15)16)5-9(13)10(14)12(3)4/h5-7H,1-4H3. The van der Waals surface area contributed by atoms with Crippen molar-refractivity contribution in [3.8, 4) is 0 Å². The Labute approximate surface area is 105 Å². The van der Waals surface area contributed by atoms with Crippen LogP contribution in [0.1, 0.15) is 30.4 Å². The Morgan fingerprint density at radius 3 is 2.29 bits per heavy atom. The van der Waals surface area contributed by atoms with Gasteiger partial charge >= 0.3 is 0 Å². The second-order valence-corrected chi connectivity index (χ2v) is 6.77. The molecular formula is C10H15ClN2O3S. The summed E-state index contributed by atoms with van der Waals surface area (Å²) in [5, 5.41) is 0. The van der Waals surface area contributed by atoms with E-state index in [1.54, 1.807) is 18.7 Å². The Morgan fingerprint density at radius 1 is 1.41 bits per heavy atom. The maximum Gasteiger partial charge on any atom is 0.270 e. The molecule has 5 nitrogen and oxygen atoms in total. The van der Waals surface area contributed by atoms with E-state index >= 15 is 0 Å². The van der Waals surface area contributed by atoms with E-state index in [0.29, 0.717) is 5.69 Å². The normalized spacial score (nSPS) is 11.9. The van der Waals surface area contributed by atoms with Crippen molar-refractivity contribution in [3.63, 3.8) is 0 Å². The van der Waals surface area contributed by atoms with Gasteiger partial charge in [-0.3, -0.25) is 4.79 Å². The van der Waals surface area contributed by atoms with E-state index < -0.39 is 9.05 Å². The van der Waals surface area contributed by atoms with Gasteiger partial charge in [-0.05, 0) is 19.9 Å². The van der Waals surface area contributed by atoms with Gasteiger partial charge in [0.05, 0.1) is 0 Å². The predicted octanol–water partition coefficient (Wildman–Crippen LogP) is 1.70. The topological polar surface area (TPSA) is 59.4 Å². The van der Waals surface area contributed by atoms with Crippen LogP contribution in [0, 0.1) is 0 Å². The van der Waals surface area contributed by atoms with E-state index in [4.69, 9.17) is 10.7 Å². The van der Waals surface area contributed by atoms with Gasteiger partial charge in [-0.2, -0.15) is 0 Å². The number of hydrogen-bond donors (Lipinski definition) is 0. The molecule has 0 aliphatic heterocycles. The minimum atomic E-state index is -3.82. The molecule has 17 heavy (non-hydrogen) atoms. The summed E-state index contributed by atoms with van der Waals surface area (Å²) in [6.07, 6.45) is 1.38. The van der Waals surface area contributed by atoms with Gasteiger partial charge in [-0.1, -0.05) is 0 Å². The molecule has 96 valence electrons. The lowest BCUT2D eigenvalue weighted by molar-refractivity contribution is 0.0815. The van der Waals surface area contributed by atoms with Gasteiger partial charge in [0.15, 0.2) is 0 Å². The Balaban J connectivity index is 3.39. The average Bonchev–Trinajstić information content (AvgIpc) is 2.59. The fourth-order valence-electron chi connectivity index (χ4n) is 1.42. The van der Waals surface area contributed by atoms with Gasteiger partial charge in [0.1, 0.15) is 10.6 Å². The number of amides is 1. The largest absolute Gasteiger partial charge is 0.343 e. The number of carbonyl (C=O) groups excluding carboxylic acids is 1. The highest BCUT2D eigenvalue weighted by molar-refractivity contribution is 8.13. The van der Waals surface area contributed by atoms with Crippen molar-refractivity contribution < 1.29 is 13.2 Å². The first-order valence-electron chi connectivity index (χ1n) is 5.02. The second kappa shape index (κ2) is 4.70. The highest BCUT2D eigenvalue weighted by atomic mass is 35.7. The molecule has 0 saturated heterocycles. The van der Waals surface area contributed by atoms with Crippen LogP contribution in [0.15, 0.2) is 17.2 Å². The van der Waals surface area contributed by atoms with E-state index in [2.05, 4.69) is 0 Å². The maximum atomic E-state index is 11.9. The summed E-state index contributed by atoms with van der Waals surface area (Å²) in [6, 6.07) is 1.27. The minimum Gasteiger partial charge on any atom is -0.343 e. The molecule has 0 unspecified atom stereocenters. The summed E-state index contributed by atoms with van der Waals surface area (Å²) < 4.78 is 24.1. The highest BCUT2D eigenvalue weighted by Crippen LogP contribution is 2.22. The van der Waals surface area contributed by atoms with Crippen LogP contribution in [-0.4, -0.2) is 37.9 Å². The molecular weight excluding hydrogens is 264 g/mol. The number of hydrogen-bond acceptors (Lipinski definition) is 3. The van der Waals surface area contributed by atoms with Gasteiger partial charge in [0.25, 0.3) is 15.0 Å². The summed E-state index contributed by atoms with van der Waals surface area (Å²) in [5.41, 5.74) is 0.309. The molecule has 0 atom stereocenters. The molecule has 1 aromatic heterocycles. The maximum absolute atomic E-state index is 11.9. The van der Waals surface area contributed by atoms with Crippen molar-refractivity contribution in [1.82, 2.24) is 9.47 Å². The molecule has 1 rings (SSSR count). The molecule has 7 heteroatoms. The van der Waals surface area contributed by atoms with Crippen LogP contribution in [0.2, 0.25) is 0 Å². The third-order valence-corrected chi connectivity index (χ3v) is 3.61. The van der Waals surface area contributed by atoms with E-state index in [-0.39, 0.29) is 16.8 Å². The van der Waals surface area contributed by atoms with Crippen molar-refractivity contribution in [3.05, 3.63) is 18.0 Å². The molecule has 0 saturated carbocycles. The van der Waals surface area contributed by atoms with E-state index in [1.807, 2.05) is 13.8 Å². The number of aromatic nitrogens is 1. The number of nitrogens with zero attached hydrogens (tertiary/aromatic N) is 2. The van der Waals surface area contributed by atoms with Crippen molar-refractivity contribution in [2.45, 2.75) is 24.8 Å². The van der Waals surface area contributed by atoms with Gasteiger partial charge in [-0.15, -0.1) is 0 Å². The number of carbonyl (C=O) groups is 1. The fourth-order valence-corrected chi connectivity index (χ4v) is 2.16. The van der Waals surface area contributed by atoms with Crippen molar-refractivity contribution in [2.75, 3.05) is 14.1 Å². The van der Waals surface area contributed by atoms with Gasteiger partial charge < -0.3 is 9.47 Å². The summed E-state index contributed by atoms with van der Waals surface area (Å²) in [7, 11) is 4.66. The lowest BCUT2D eigenvalue weighted by Gasteiger charge is -2.15. The van der Waals surface area contributed by atoms with E-state index in [9.17, 15) is 13.2 Å². The van der Waals surface area contributed by atoms with Crippen LogP contribution >= 0.6 is 10.7 Å². The first-order valence-corrected chi connectivity index (χ1v) is 7.33. The minimum absolute atomic E-state index is 0.0268. The molecule has 0 aliphatic carbocycles. The zero-order valence-electron chi connectivity index (χ0n) is 10.1. The van der Waals surface area contributed by atoms with Gasteiger partial charge in [-0.25, -0.2) is 8.42 Å². The van der Waals surface area contributed by atoms with Crippen LogP contribution in [-0.2, 0) is 9.05 Å². The van der Waals surface area contributed by atoms with E-state index in [1.165, 1.54) is 17.2 Å². The Bertz CT molecular complexity index is 532. The van der Waals surface area contributed by atoms with Crippen molar-refractivity contribution in [1.29, 1.82) is 0 Å². The van der Waals surface area contributed by atoms with Crippen LogP contribution in [0.4, 0.5) is 0 Å². The molecule has 0 aromatic carbocycles. The molecule has 0 bridgehead atoms. The second-order valence-electron chi connectivity index (χ2n) is 4.20. The smallest absolute Gasteiger partial charge is 0.270 e. The first kappa shape index (κ1) is 14.1. The Morgan fingerprint density at radius 2 is 1.94 bits per heavy atom. The Kier molecular flexibility index (Phi) is 3.88. The van der Waals surface area contributed by atoms with E-state index in [0.717, 1.165) is 0 Å². The highest BCUT2D eigenvalue weighted by Gasteiger charge is 2.21. The summed E-state index contributed by atoms with van der Waals surface area (Å²) in [5.74, 6) is -0.259. The number of rotatable bonds is 3. The van der Waals surface area contributed by atoms with Crippen molar-refractivity contribution in [2.24, 2.45) is 0 Å². The molecule has 1 amide bonds. The molecule has 0 fully saturated rings. The molecule has 0 spiro atoms. The molecule has 0 aliphatic rings. The summed E-state index contributed by atoms with van der Waals surface area (Å²) in [4.78, 5) is 13.2. The summed E-state index contributed by atoms with van der Waals surface area (Å²) in [6.45, 7) is 3.72. The zero-order valence-corrected chi connectivity index (χ0v) is 11.7. The average molecular weight is 279 g/mol. The Hall–Kier alpha value is -1.01. The zero-order chi connectivity index (χ0) is 13.4. The molecule has 1 heterocycles. The van der Waals surface area contributed by atoms with Crippen LogP contribution < -0.4 is 0 Å². The predicted molar refractivity (Wildman–Crippen MR) is 65.9 cm³/mol. The van der Waals surface area contributed by atoms with Crippen LogP contribution in [0.3, 0.4) is 0 Å².